The molecule has 0 aliphatic carbocycles. The quantitative estimate of drug-likeness (QED) is 0.129. The topological polar surface area (TPSA) is 44.9 Å². The smallest absolute Gasteiger partial charge is 0.509 e. The second kappa shape index (κ2) is 15.0. The number of rotatable bonds is 10. The van der Waals surface area contributed by atoms with Crippen LogP contribution >= 0.6 is 0 Å². The Morgan fingerprint density at radius 2 is 1.59 bits per heavy atom. The van der Waals surface area contributed by atoms with Gasteiger partial charge in [0.05, 0.1) is 5.69 Å². The van der Waals surface area contributed by atoms with E-state index < -0.39 is 0 Å². The Hall–Kier alpha value is -4.47. The molecule has 7 rings (SSSR count). The van der Waals surface area contributed by atoms with Gasteiger partial charge in [-0.2, -0.15) is 17.2 Å². The zero-order valence-corrected chi connectivity index (χ0v) is 32.9. The molecular weight excluding hydrogens is 808 g/mol. The molecule has 4 aromatic carbocycles. The molecule has 7 aromatic rings. The van der Waals surface area contributed by atoms with E-state index in [2.05, 4.69) is 137 Å². The van der Waals surface area contributed by atoms with E-state index in [4.69, 9.17) is 14.8 Å². The standard InChI is InChI=1S/C45H46N4O.Pt/c1-8-12-32-17-19-33(20-18-32)43-40(23-25-45(5,6)7)49(47-44(43)30(2)3)34-13-11-14-35(28-34)50-36-21-22-38-37-15-9-10-16-39(37)48(41(38)29-36)42-27-31(4)24-26-46-42;/h9-11,13-22,24,26-27,30H,8,12,23,25H2,1-7H3;/q-2;+2. The van der Waals surface area contributed by atoms with Crippen LogP contribution in [0.25, 0.3) is 44.4 Å². The van der Waals surface area contributed by atoms with Gasteiger partial charge in [-0.25, -0.2) is 4.98 Å². The fraction of sp³-hybridized carbons (Fsp3) is 0.289. The largest absolute Gasteiger partial charge is 2.00 e. The van der Waals surface area contributed by atoms with Crippen LogP contribution in [-0.2, 0) is 33.9 Å². The SMILES string of the molecule is CCCc1ccc(-c2c(C(C)C)nn(-c3[c-]c(Oc4[c-]c5c(cc4)c4ccccc4n5-c4cc(C)ccn4)ccc3)c2CCC(C)(C)C)cc1.[Pt+2]. The van der Waals surface area contributed by atoms with Gasteiger partial charge in [-0.1, -0.05) is 95.9 Å². The van der Waals surface area contributed by atoms with Crippen LogP contribution in [0.4, 0.5) is 0 Å². The summed E-state index contributed by atoms with van der Waals surface area (Å²) in [5, 5.41) is 7.55. The predicted octanol–water partition coefficient (Wildman–Crippen LogP) is 11.8. The number of para-hydroxylation sites is 1. The van der Waals surface area contributed by atoms with Crippen LogP contribution in [-0.4, -0.2) is 19.3 Å². The second-order valence-corrected chi connectivity index (χ2v) is 14.9. The molecule has 5 nitrogen and oxygen atoms in total. The fourth-order valence-electron chi connectivity index (χ4n) is 6.79. The number of fused-ring (bicyclic) bond motifs is 3. The van der Waals surface area contributed by atoms with Crippen molar-refractivity contribution in [2.45, 2.75) is 80.1 Å². The normalized spacial score (nSPS) is 11.8. The molecule has 0 fully saturated rings. The van der Waals surface area contributed by atoms with Crippen LogP contribution in [0.2, 0.25) is 0 Å². The summed E-state index contributed by atoms with van der Waals surface area (Å²) in [6.07, 6.45) is 6.01. The molecule has 262 valence electrons. The number of ether oxygens (including phenoxy) is 1. The molecule has 0 bridgehead atoms. The summed E-state index contributed by atoms with van der Waals surface area (Å²) in [6, 6.07) is 38.9. The van der Waals surface area contributed by atoms with Gasteiger partial charge < -0.3 is 9.30 Å². The zero-order chi connectivity index (χ0) is 35.0. The van der Waals surface area contributed by atoms with Crippen molar-refractivity contribution >= 4 is 21.8 Å². The number of hydrogen-bond donors (Lipinski definition) is 0. The molecule has 0 saturated carbocycles. The summed E-state index contributed by atoms with van der Waals surface area (Å²) in [6.45, 7) is 15.7. The summed E-state index contributed by atoms with van der Waals surface area (Å²) < 4.78 is 10.8. The Morgan fingerprint density at radius 1 is 0.824 bits per heavy atom. The third-order valence-electron chi connectivity index (χ3n) is 9.34. The average Bonchev–Trinajstić information content (AvgIpc) is 3.64. The van der Waals surface area contributed by atoms with Crippen molar-refractivity contribution in [3.05, 3.63) is 132 Å². The van der Waals surface area contributed by atoms with E-state index in [1.807, 2.05) is 30.5 Å². The van der Waals surface area contributed by atoms with Crippen LogP contribution in [0.5, 0.6) is 11.5 Å². The zero-order valence-electron chi connectivity index (χ0n) is 30.7. The molecule has 51 heavy (non-hydrogen) atoms. The summed E-state index contributed by atoms with van der Waals surface area (Å²) >= 11 is 0. The molecule has 3 aromatic heterocycles. The second-order valence-electron chi connectivity index (χ2n) is 14.9. The maximum Gasteiger partial charge on any atom is 2.00 e. The van der Waals surface area contributed by atoms with Crippen molar-refractivity contribution in [1.82, 2.24) is 19.3 Å². The van der Waals surface area contributed by atoms with E-state index in [1.165, 1.54) is 22.4 Å². The van der Waals surface area contributed by atoms with Crippen molar-refractivity contribution in [1.29, 1.82) is 0 Å². The number of hydrogen-bond acceptors (Lipinski definition) is 3. The van der Waals surface area contributed by atoms with Gasteiger partial charge in [0.1, 0.15) is 5.82 Å². The Bertz CT molecular complexity index is 2290. The van der Waals surface area contributed by atoms with E-state index in [0.717, 1.165) is 70.3 Å². The van der Waals surface area contributed by atoms with Crippen molar-refractivity contribution in [3.63, 3.8) is 0 Å². The van der Waals surface area contributed by atoms with Gasteiger partial charge in [0.15, 0.2) is 0 Å². The molecule has 0 unspecified atom stereocenters. The summed E-state index contributed by atoms with van der Waals surface area (Å²) in [5.74, 6) is 2.34. The van der Waals surface area contributed by atoms with Crippen LogP contribution in [0.3, 0.4) is 0 Å². The minimum absolute atomic E-state index is 0. The van der Waals surface area contributed by atoms with Crippen LogP contribution in [0, 0.1) is 24.5 Å². The van der Waals surface area contributed by atoms with Crippen LogP contribution in [0.1, 0.15) is 82.8 Å². The fourth-order valence-corrected chi connectivity index (χ4v) is 6.79. The van der Waals surface area contributed by atoms with Gasteiger partial charge in [0, 0.05) is 34.5 Å². The maximum atomic E-state index is 6.53. The maximum absolute atomic E-state index is 6.53. The van der Waals surface area contributed by atoms with Crippen molar-refractivity contribution in [2.24, 2.45) is 5.41 Å². The molecule has 0 aliphatic rings. The van der Waals surface area contributed by atoms with Gasteiger partial charge in [0.25, 0.3) is 0 Å². The first kappa shape index (κ1) is 36.3. The van der Waals surface area contributed by atoms with E-state index in [1.54, 1.807) is 0 Å². The molecule has 6 heteroatoms. The molecule has 0 aliphatic heterocycles. The number of benzene rings is 4. The van der Waals surface area contributed by atoms with Gasteiger partial charge in [-0.05, 0) is 83.5 Å². The monoisotopic (exact) mass is 853 g/mol. The van der Waals surface area contributed by atoms with Crippen LogP contribution < -0.4 is 4.74 Å². The van der Waals surface area contributed by atoms with E-state index in [9.17, 15) is 0 Å². The van der Waals surface area contributed by atoms with E-state index >= 15 is 0 Å². The summed E-state index contributed by atoms with van der Waals surface area (Å²) in [5.41, 5.74) is 10.3. The van der Waals surface area contributed by atoms with Crippen molar-refractivity contribution in [3.8, 4) is 34.1 Å². The number of pyridine rings is 1. The van der Waals surface area contributed by atoms with Gasteiger partial charge >= 0.3 is 21.1 Å². The Balaban J connectivity index is 0.00000448. The first-order chi connectivity index (χ1) is 24.1. The number of aromatic nitrogens is 4. The molecule has 0 atom stereocenters. The predicted molar refractivity (Wildman–Crippen MR) is 206 cm³/mol. The van der Waals surface area contributed by atoms with E-state index in [-0.39, 0.29) is 32.4 Å². The van der Waals surface area contributed by atoms with E-state index in [0.29, 0.717) is 11.5 Å². The molecular formula is C45H46N4OPt. The molecule has 0 spiro atoms. The van der Waals surface area contributed by atoms with Gasteiger partial charge in [-0.3, -0.25) is 4.68 Å². The Labute approximate surface area is 317 Å². The average molecular weight is 854 g/mol. The number of nitrogens with zero attached hydrogens (tertiary/aromatic N) is 4. The first-order valence-electron chi connectivity index (χ1n) is 17.9. The molecule has 0 N–H and O–H groups in total. The molecule has 0 amide bonds. The first-order valence-corrected chi connectivity index (χ1v) is 17.9. The van der Waals surface area contributed by atoms with Gasteiger partial charge in [-0.15, -0.1) is 35.7 Å². The van der Waals surface area contributed by atoms with Crippen LogP contribution in [0.15, 0.2) is 97.2 Å². The molecule has 0 radical (unpaired) electrons. The van der Waals surface area contributed by atoms with Crippen molar-refractivity contribution < 1.29 is 25.8 Å². The molecule has 3 heterocycles. The minimum Gasteiger partial charge on any atom is -0.509 e. The number of aryl methyl sites for hydroxylation is 2. The Kier molecular flexibility index (Phi) is 10.7. The summed E-state index contributed by atoms with van der Waals surface area (Å²) in [4.78, 5) is 4.72. The molecule has 0 saturated heterocycles. The summed E-state index contributed by atoms with van der Waals surface area (Å²) in [7, 11) is 0. The van der Waals surface area contributed by atoms with Crippen molar-refractivity contribution in [2.75, 3.05) is 0 Å². The Morgan fingerprint density at radius 3 is 2.31 bits per heavy atom. The third-order valence-corrected chi connectivity index (χ3v) is 9.34. The minimum atomic E-state index is 0. The van der Waals surface area contributed by atoms with Gasteiger partial charge in [0.2, 0.25) is 0 Å². The third kappa shape index (κ3) is 7.60.